The van der Waals surface area contributed by atoms with Crippen molar-refractivity contribution < 1.29 is 9.59 Å². The second-order valence-corrected chi connectivity index (χ2v) is 5.56. The summed E-state index contributed by atoms with van der Waals surface area (Å²) in [6, 6.07) is 0. The van der Waals surface area contributed by atoms with Gasteiger partial charge >= 0.3 is 0 Å². The standard InChI is InChI=1S/C13H23N3O2S/c1-3-15-10(17)9-16(2)12(18)13(11(14)19)7-5-4-6-8-13/h3-9H2,1-2H3,(H2,14,19)(H,15,17). The van der Waals surface area contributed by atoms with Crippen LogP contribution in [0, 0.1) is 5.41 Å². The highest BCUT2D eigenvalue weighted by Crippen LogP contribution is 2.38. The summed E-state index contributed by atoms with van der Waals surface area (Å²) < 4.78 is 0. The second-order valence-electron chi connectivity index (χ2n) is 5.12. The van der Waals surface area contributed by atoms with Crippen molar-refractivity contribution in [3.05, 3.63) is 0 Å². The van der Waals surface area contributed by atoms with Gasteiger partial charge < -0.3 is 16.0 Å². The van der Waals surface area contributed by atoms with Gasteiger partial charge in [-0.25, -0.2) is 0 Å². The van der Waals surface area contributed by atoms with Crippen LogP contribution >= 0.6 is 12.2 Å². The highest BCUT2D eigenvalue weighted by molar-refractivity contribution is 7.80. The summed E-state index contributed by atoms with van der Waals surface area (Å²) in [4.78, 5) is 25.8. The summed E-state index contributed by atoms with van der Waals surface area (Å²) in [5, 5.41) is 2.68. The van der Waals surface area contributed by atoms with Crippen LogP contribution in [0.15, 0.2) is 0 Å². The summed E-state index contributed by atoms with van der Waals surface area (Å²) in [7, 11) is 1.63. The molecule has 108 valence electrons. The van der Waals surface area contributed by atoms with E-state index in [1.165, 1.54) is 4.90 Å². The summed E-state index contributed by atoms with van der Waals surface area (Å²) >= 11 is 5.12. The van der Waals surface area contributed by atoms with Gasteiger partial charge in [0.25, 0.3) is 0 Å². The first-order chi connectivity index (χ1) is 8.94. The van der Waals surface area contributed by atoms with E-state index in [0.717, 1.165) is 19.3 Å². The smallest absolute Gasteiger partial charge is 0.239 e. The minimum absolute atomic E-state index is 0.0526. The normalized spacial score (nSPS) is 17.6. The molecule has 0 aromatic rings. The van der Waals surface area contributed by atoms with Crippen molar-refractivity contribution in [1.29, 1.82) is 0 Å². The van der Waals surface area contributed by atoms with Crippen molar-refractivity contribution in [2.24, 2.45) is 11.1 Å². The van der Waals surface area contributed by atoms with E-state index >= 15 is 0 Å². The highest BCUT2D eigenvalue weighted by atomic mass is 32.1. The van der Waals surface area contributed by atoms with Gasteiger partial charge in [0.05, 0.1) is 16.9 Å². The van der Waals surface area contributed by atoms with Crippen molar-refractivity contribution in [3.8, 4) is 0 Å². The maximum Gasteiger partial charge on any atom is 0.239 e. The van der Waals surface area contributed by atoms with Gasteiger partial charge in [-0.2, -0.15) is 0 Å². The quantitative estimate of drug-likeness (QED) is 0.733. The molecule has 1 rings (SSSR count). The van der Waals surface area contributed by atoms with E-state index in [1.807, 2.05) is 6.92 Å². The second kappa shape index (κ2) is 6.84. The molecule has 19 heavy (non-hydrogen) atoms. The SMILES string of the molecule is CCNC(=O)CN(C)C(=O)C1(C(N)=S)CCCCC1. The Hall–Kier alpha value is -1.17. The molecule has 6 heteroatoms. The van der Waals surface area contributed by atoms with Crippen molar-refractivity contribution in [2.45, 2.75) is 39.0 Å². The molecule has 0 aromatic carbocycles. The van der Waals surface area contributed by atoms with E-state index in [4.69, 9.17) is 18.0 Å². The lowest BCUT2D eigenvalue weighted by atomic mass is 9.73. The largest absolute Gasteiger partial charge is 0.392 e. The third-order valence-electron chi connectivity index (χ3n) is 3.69. The van der Waals surface area contributed by atoms with E-state index in [1.54, 1.807) is 7.05 Å². The Morgan fingerprint density at radius 2 is 1.89 bits per heavy atom. The van der Waals surface area contributed by atoms with Crippen LogP contribution in [0.25, 0.3) is 0 Å². The number of carbonyl (C=O) groups excluding carboxylic acids is 2. The first kappa shape index (κ1) is 15.9. The Labute approximate surface area is 119 Å². The van der Waals surface area contributed by atoms with Gasteiger partial charge in [-0.1, -0.05) is 31.5 Å². The number of amides is 2. The number of hydrogen-bond donors (Lipinski definition) is 2. The zero-order valence-electron chi connectivity index (χ0n) is 11.7. The van der Waals surface area contributed by atoms with Gasteiger partial charge in [-0.3, -0.25) is 9.59 Å². The minimum Gasteiger partial charge on any atom is -0.392 e. The van der Waals surface area contributed by atoms with E-state index in [-0.39, 0.29) is 23.3 Å². The molecule has 0 heterocycles. The zero-order valence-corrected chi connectivity index (χ0v) is 12.5. The number of likely N-dealkylation sites (N-methyl/N-ethyl adjacent to an activating group) is 2. The van der Waals surface area contributed by atoms with Crippen molar-refractivity contribution >= 4 is 29.0 Å². The summed E-state index contributed by atoms with van der Waals surface area (Å²) in [5.74, 6) is -0.279. The van der Waals surface area contributed by atoms with Crippen molar-refractivity contribution in [3.63, 3.8) is 0 Å². The molecular formula is C13H23N3O2S. The zero-order chi connectivity index (χ0) is 14.5. The van der Waals surface area contributed by atoms with Gasteiger partial charge in [0.1, 0.15) is 0 Å². The van der Waals surface area contributed by atoms with Gasteiger partial charge in [0.2, 0.25) is 11.8 Å². The fourth-order valence-corrected chi connectivity index (χ4v) is 2.92. The Kier molecular flexibility index (Phi) is 5.72. The van der Waals surface area contributed by atoms with E-state index in [9.17, 15) is 9.59 Å². The lowest BCUT2D eigenvalue weighted by Crippen LogP contribution is -2.52. The molecule has 0 aliphatic heterocycles. The van der Waals surface area contributed by atoms with E-state index in [2.05, 4.69) is 5.32 Å². The van der Waals surface area contributed by atoms with Crippen LogP contribution in [0.3, 0.4) is 0 Å². The molecule has 0 aromatic heterocycles. The third-order valence-corrected chi connectivity index (χ3v) is 4.08. The monoisotopic (exact) mass is 285 g/mol. The number of hydrogen-bond acceptors (Lipinski definition) is 3. The molecule has 0 saturated heterocycles. The average Bonchev–Trinajstić information content (AvgIpc) is 2.38. The first-order valence-electron chi connectivity index (χ1n) is 6.76. The number of carbonyl (C=O) groups is 2. The molecule has 1 aliphatic carbocycles. The Balaban J connectivity index is 2.76. The summed E-state index contributed by atoms with van der Waals surface area (Å²) in [6.07, 6.45) is 4.41. The maximum absolute atomic E-state index is 12.6. The van der Waals surface area contributed by atoms with Gasteiger partial charge in [0, 0.05) is 13.6 Å². The predicted octanol–water partition coefficient (Wildman–Crippen LogP) is 0.817. The van der Waals surface area contributed by atoms with Crippen LogP contribution in [0.2, 0.25) is 0 Å². The van der Waals surface area contributed by atoms with Crippen LogP contribution in [0.4, 0.5) is 0 Å². The predicted molar refractivity (Wildman–Crippen MR) is 78.6 cm³/mol. The number of nitrogens with one attached hydrogen (secondary N) is 1. The molecule has 0 unspecified atom stereocenters. The van der Waals surface area contributed by atoms with Crippen LogP contribution in [-0.4, -0.2) is 41.8 Å². The van der Waals surface area contributed by atoms with Crippen LogP contribution in [0.5, 0.6) is 0 Å². The molecule has 2 amide bonds. The molecule has 1 saturated carbocycles. The molecule has 1 fully saturated rings. The number of rotatable bonds is 5. The average molecular weight is 285 g/mol. The van der Waals surface area contributed by atoms with Gasteiger partial charge in [-0.15, -0.1) is 0 Å². The van der Waals surface area contributed by atoms with Crippen molar-refractivity contribution in [1.82, 2.24) is 10.2 Å². The third kappa shape index (κ3) is 3.65. The Morgan fingerprint density at radius 1 is 1.32 bits per heavy atom. The number of thiocarbonyl (C=S) groups is 1. The van der Waals surface area contributed by atoms with Crippen LogP contribution < -0.4 is 11.1 Å². The van der Waals surface area contributed by atoms with E-state index in [0.29, 0.717) is 19.4 Å². The number of nitrogens with two attached hydrogens (primary N) is 1. The molecule has 1 aliphatic rings. The molecular weight excluding hydrogens is 262 g/mol. The highest BCUT2D eigenvalue weighted by Gasteiger charge is 2.44. The molecule has 0 radical (unpaired) electrons. The lowest BCUT2D eigenvalue weighted by Gasteiger charge is -2.37. The maximum atomic E-state index is 12.6. The molecule has 3 N–H and O–H groups in total. The first-order valence-corrected chi connectivity index (χ1v) is 7.17. The molecule has 0 bridgehead atoms. The fraction of sp³-hybridized carbons (Fsp3) is 0.769. The summed E-state index contributed by atoms with van der Waals surface area (Å²) in [6.45, 7) is 2.45. The van der Waals surface area contributed by atoms with Crippen LogP contribution in [0.1, 0.15) is 39.0 Å². The Morgan fingerprint density at radius 3 is 2.37 bits per heavy atom. The fourth-order valence-electron chi connectivity index (χ4n) is 2.63. The number of nitrogens with zero attached hydrogens (tertiary/aromatic N) is 1. The van der Waals surface area contributed by atoms with Gasteiger partial charge in [0.15, 0.2) is 0 Å². The van der Waals surface area contributed by atoms with Gasteiger partial charge in [-0.05, 0) is 19.8 Å². The molecule has 0 spiro atoms. The minimum atomic E-state index is -0.741. The van der Waals surface area contributed by atoms with Crippen LogP contribution in [-0.2, 0) is 9.59 Å². The Bertz CT molecular complexity index is 365. The molecule has 0 atom stereocenters. The topological polar surface area (TPSA) is 75.4 Å². The lowest BCUT2D eigenvalue weighted by molar-refractivity contribution is -0.141. The van der Waals surface area contributed by atoms with Crippen molar-refractivity contribution in [2.75, 3.05) is 20.1 Å². The molecule has 5 nitrogen and oxygen atoms in total. The summed E-state index contributed by atoms with van der Waals surface area (Å²) in [5.41, 5.74) is 5.07. The van der Waals surface area contributed by atoms with E-state index < -0.39 is 5.41 Å².